The van der Waals surface area contributed by atoms with Gasteiger partial charge < -0.3 is 19.5 Å². The van der Waals surface area contributed by atoms with Crippen LogP contribution in [0.2, 0.25) is 0 Å². The van der Waals surface area contributed by atoms with Crippen LogP contribution in [0.4, 0.5) is 19.3 Å². The van der Waals surface area contributed by atoms with Crippen LogP contribution in [0.5, 0.6) is 5.75 Å². The van der Waals surface area contributed by atoms with Crippen LogP contribution in [0.3, 0.4) is 0 Å². The zero-order valence-electron chi connectivity index (χ0n) is 15.6. The first kappa shape index (κ1) is 18.9. The molecule has 0 radical (unpaired) electrons. The lowest BCUT2D eigenvalue weighted by Gasteiger charge is -2.22. The van der Waals surface area contributed by atoms with Crippen LogP contribution in [0.25, 0.3) is 11.4 Å². The first-order valence-electron chi connectivity index (χ1n) is 9.06. The maximum atomic E-state index is 14.0. The van der Waals surface area contributed by atoms with Gasteiger partial charge in [-0.3, -0.25) is 0 Å². The fourth-order valence-electron chi connectivity index (χ4n) is 3.35. The lowest BCUT2D eigenvalue weighted by Crippen LogP contribution is -2.34. The standard InChI is InChI=1S/C20H18F2N4O3/c1-28-17-7-3-2-5-15(17)23-20(27)26-10-4-6-16(26)19-24-18(25-29-19)13-9-8-12(21)11-14(13)22/h2-3,5,7-9,11,16H,4,6,10H2,1H3,(H,23,27). The second-order valence-corrected chi connectivity index (χ2v) is 6.56. The molecule has 4 rings (SSSR count). The first-order valence-corrected chi connectivity index (χ1v) is 9.06. The Labute approximate surface area is 165 Å². The van der Waals surface area contributed by atoms with Crippen LogP contribution in [0.15, 0.2) is 47.0 Å². The Morgan fingerprint density at radius 1 is 1.28 bits per heavy atom. The summed E-state index contributed by atoms with van der Waals surface area (Å²) >= 11 is 0. The third kappa shape index (κ3) is 3.75. The summed E-state index contributed by atoms with van der Waals surface area (Å²) in [6, 6.07) is 9.45. The van der Waals surface area contributed by atoms with Crippen molar-refractivity contribution in [3.8, 4) is 17.1 Å². The van der Waals surface area contributed by atoms with Gasteiger partial charge in [-0.1, -0.05) is 17.3 Å². The molecule has 0 spiro atoms. The van der Waals surface area contributed by atoms with Crippen LogP contribution in [0, 0.1) is 11.6 Å². The number of hydrogen-bond acceptors (Lipinski definition) is 5. The highest BCUT2D eigenvalue weighted by molar-refractivity contribution is 5.91. The number of amides is 2. The van der Waals surface area contributed by atoms with Gasteiger partial charge in [0.1, 0.15) is 23.4 Å². The molecule has 2 amide bonds. The number of rotatable bonds is 4. The molecule has 1 aliphatic heterocycles. The van der Waals surface area contributed by atoms with Gasteiger partial charge >= 0.3 is 6.03 Å². The molecule has 1 aliphatic rings. The van der Waals surface area contributed by atoms with Gasteiger partial charge in [0.25, 0.3) is 0 Å². The molecule has 1 aromatic heterocycles. The summed E-state index contributed by atoms with van der Waals surface area (Å²) in [6.45, 7) is 0.508. The van der Waals surface area contributed by atoms with E-state index in [1.165, 1.54) is 13.2 Å². The van der Waals surface area contributed by atoms with Crippen molar-refractivity contribution in [2.45, 2.75) is 18.9 Å². The average molecular weight is 400 g/mol. The third-order valence-corrected chi connectivity index (χ3v) is 4.76. The van der Waals surface area contributed by atoms with Crippen LogP contribution in [-0.2, 0) is 0 Å². The molecule has 2 aromatic carbocycles. The van der Waals surface area contributed by atoms with Gasteiger partial charge in [0, 0.05) is 12.6 Å². The molecule has 1 saturated heterocycles. The summed E-state index contributed by atoms with van der Waals surface area (Å²) in [7, 11) is 1.53. The van der Waals surface area contributed by atoms with E-state index in [2.05, 4.69) is 15.5 Å². The molecule has 29 heavy (non-hydrogen) atoms. The fraction of sp³-hybridized carbons (Fsp3) is 0.250. The quantitative estimate of drug-likeness (QED) is 0.702. The highest BCUT2D eigenvalue weighted by Gasteiger charge is 2.34. The fourth-order valence-corrected chi connectivity index (χ4v) is 3.35. The maximum absolute atomic E-state index is 14.0. The summed E-state index contributed by atoms with van der Waals surface area (Å²) in [5.74, 6) is -0.714. The highest BCUT2D eigenvalue weighted by Crippen LogP contribution is 2.33. The minimum Gasteiger partial charge on any atom is -0.495 e. The van der Waals surface area contributed by atoms with Crippen molar-refractivity contribution in [1.29, 1.82) is 0 Å². The van der Waals surface area contributed by atoms with Crippen molar-refractivity contribution in [3.63, 3.8) is 0 Å². The van der Waals surface area contributed by atoms with Crippen LogP contribution < -0.4 is 10.1 Å². The first-order chi connectivity index (χ1) is 14.1. The van der Waals surface area contributed by atoms with E-state index in [0.29, 0.717) is 24.4 Å². The van der Waals surface area contributed by atoms with E-state index in [0.717, 1.165) is 18.6 Å². The van der Waals surface area contributed by atoms with Gasteiger partial charge in [0.15, 0.2) is 0 Å². The largest absolute Gasteiger partial charge is 0.495 e. The Morgan fingerprint density at radius 3 is 2.90 bits per heavy atom. The van der Waals surface area contributed by atoms with Crippen LogP contribution in [0.1, 0.15) is 24.8 Å². The zero-order chi connectivity index (χ0) is 20.4. The molecule has 1 atom stereocenters. The van der Waals surface area contributed by atoms with E-state index in [1.54, 1.807) is 23.1 Å². The second kappa shape index (κ2) is 7.86. The number of nitrogens with zero attached hydrogens (tertiary/aromatic N) is 3. The molecule has 1 unspecified atom stereocenters. The van der Waals surface area contributed by atoms with Gasteiger partial charge in [-0.25, -0.2) is 13.6 Å². The predicted octanol–water partition coefficient (Wildman–Crippen LogP) is 4.39. The second-order valence-electron chi connectivity index (χ2n) is 6.56. The van der Waals surface area contributed by atoms with Crippen LogP contribution >= 0.6 is 0 Å². The number of para-hydroxylation sites is 2. The summed E-state index contributed by atoms with van der Waals surface area (Å²) in [4.78, 5) is 18.6. The number of carbonyl (C=O) groups is 1. The number of hydrogen-bond donors (Lipinski definition) is 1. The Hall–Kier alpha value is -3.49. The number of aromatic nitrogens is 2. The molecule has 1 N–H and O–H groups in total. The number of carbonyl (C=O) groups excluding carboxylic acids is 1. The number of benzene rings is 2. The third-order valence-electron chi connectivity index (χ3n) is 4.76. The molecule has 2 heterocycles. The van der Waals surface area contributed by atoms with Crippen molar-refractivity contribution >= 4 is 11.7 Å². The van der Waals surface area contributed by atoms with E-state index < -0.39 is 17.7 Å². The van der Waals surface area contributed by atoms with Gasteiger partial charge in [-0.15, -0.1) is 0 Å². The van der Waals surface area contributed by atoms with E-state index in [4.69, 9.17) is 9.26 Å². The summed E-state index contributed by atoms with van der Waals surface area (Å²) in [6.07, 6.45) is 1.39. The monoisotopic (exact) mass is 400 g/mol. The van der Waals surface area contributed by atoms with Crippen molar-refractivity contribution in [2.75, 3.05) is 19.0 Å². The van der Waals surface area contributed by atoms with E-state index >= 15 is 0 Å². The Morgan fingerprint density at radius 2 is 2.10 bits per heavy atom. The lowest BCUT2D eigenvalue weighted by atomic mass is 10.2. The molecule has 0 saturated carbocycles. The number of anilines is 1. The molecule has 3 aromatic rings. The number of likely N-dealkylation sites (tertiary alicyclic amines) is 1. The number of halogens is 2. The normalized spacial score (nSPS) is 16.1. The molecule has 0 aliphatic carbocycles. The SMILES string of the molecule is COc1ccccc1NC(=O)N1CCCC1c1nc(-c2ccc(F)cc2F)no1. The molecule has 7 nitrogen and oxygen atoms in total. The van der Waals surface area contributed by atoms with E-state index in [9.17, 15) is 13.6 Å². The summed E-state index contributed by atoms with van der Waals surface area (Å²) in [5.41, 5.74) is 0.578. The Kier molecular flexibility index (Phi) is 5.11. The number of nitrogens with one attached hydrogen (secondary N) is 1. The smallest absolute Gasteiger partial charge is 0.322 e. The molecule has 1 fully saturated rings. The van der Waals surface area contributed by atoms with Crippen molar-refractivity contribution in [3.05, 3.63) is 60.0 Å². The lowest BCUT2D eigenvalue weighted by molar-refractivity contribution is 0.193. The Balaban J connectivity index is 1.54. The van der Waals surface area contributed by atoms with Crippen molar-refractivity contribution in [2.24, 2.45) is 0 Å². The topological polar surface area (TPSA) is 80.5 Å². The van der Waals surface area contributed by atoms with Crippen LogP contribution in [-0.4, -0.2) is 34.7 Å². The highest BCUT2D eigenvalue weighted by atomic mass is 19.1. The molecular weight excluding hydrogens is 382 g/mol. The van der Waals surface area contributed by atoms with Crippen molar-refractivity contribution in [1.82, 2.24) is 15.0 Å². The Bertz CT molecular complexity index is 1040. The van der Waals surface area contributed by atoms with Gasteiger partial charge in [-0.05, 0) is 37.1 Å². The summed E-state index contributed by atoms with van der Waals surface area (Å²) < 4.78 is 37.7. The van der Waals surface area contributed by atoms with Gasteiger partial charge in [0.2, 0.25) is 11.7 Å². The molecule has 150 valence electrons. The summed E-state index contributed by atoms with van der Waals surface area (Å²) in [5, 5.41) is 6.63. The zero-order valence-corrected chi connectivity index (χ0v) is 15.6. The van der Waals surface area contributed by atoms with Crippen molar-refractivity contribution < 1.29 is 22.8 Å². The molecular formula is C20H18F2N4O3. The number of methoxy groups -OCH3 is 1. The number of urea groups is 1. The molecule has 0 bridgehead atoms. The molecule has 9 heteroatoms. The van der Waals surface area contributed by atoms with Gasteiger partial charge in [-0.2, -0.15) is 4.98 Å². The van der Waals surface area contributed by atoms with Gasteiger partial charge in [0.05, 0.1) is 18.4 Å². The predicted molar refractivity (Wildman–Crippen MR) is 100 cm³/mol. The minimum absolute atomic E-state index is 0.00878. The number of ether oxygens (including phenoxy) is 1. The minimum atomic E-state index is -0.783. The average Bonchev–Trinajstić information content (AvgIpc) is 3.38. The maximum Gasteiger partial charge on any atom is 0.322 e. The van der Waals surface area contributed by atoms with E-state index in [1.807, 2.05) is 6.07 Å². The van der Waals surface area contributed by atoms with E-state index in [-0.39, 0.29) is 23.3 Å².